The van der Waals surface area contributed by atoms with Crippen molar-refractivity contribution < 1.29 is 9.59 Å². The Balaban J connectivity index is 1.39. The average molecular weight is 438 g/mol. The molecular weight excluding hydrogens is 414 g/mol. The maximum absolute atomic E-state index is 13.4. The van der Waals surface area contributed by atoms with Gasteiger partial charge in [0.05, 0.1) is 6.54 Å². The molecule has 2 amide bonds. The Kier molecular flexibility index (Phi) is 5.36. The monoisotopic (exact) mass is 437 g/mol. The number of fused-ring (bicyclic) bond motifs is 2. The Labute approximate surface area is 190 Å². The molecule has 7 nitrogen and oxygen atoms in total. The SMILES string of the molecule is N=C1c2ccccc2CN1NC(=O)[C@H](Cc1c[nH]c2ccccc12)NC(=O)c1ccccc1. The van der Waals surface area contributed by atoms with E-state index in [1.54, 1.807) is 24.3 Å². The van der Waals surface area contributed by atoms with Crippen LogP contribution in [0.4, 0.5) is 0 Å². The molecule has 3 aromatic carbocycles. The van der Waals surface area contributed by atoms with Crippen molar-refractivity contribution in [2.45, 2.75) is 19.0 Å². The van der Waals surface area contributed by atoms with Crippen LogP contribution in [0.2, 0.25) is 0 Å². The molecule has 2 heterocycles. The highest BCUT2D eigenvalue weighted by atomic mass is 16.2. The van der Waals surface area contributed by atoms with Crippen molar-refractivity contribution in [1.82, 2.24) is 20.7 Å². The quantitative estimate of drug-likeness (QED) is 0.372. The van der Waals surface area contributed by atoms with Gasteiger partial charge >= 0.3 is 0 Å². The summed E-state index contributed by atoms with van der Waals surface area (Å²) in [4.78, 5) is 29.4. The second-order valence-electron chi connectivity index (χ2n) is 8.02. The number of carbonyl (C=O) groups excluding carboxylic acids is 2. The fourth-order valence-electron chi connectivity index (χ4n) is 4.15. The first-order chi connectivity index (χ1) is 16.1. The summed E-state index contributed by atoms with van der Waals surface area (Å²) in [6.45, 7) is 0.410. The van der Waals surface area contributed by atoms with Crippen LogP contribution in [-0.2, 0) is 17.8 Å². The first-order valence-electron chi connectivity index (χ1n) is 10.8. The van der Waals surface area contributed by atoms with Crippen molar-refractivity contribution in [1.29, 1.82) is 5.41 Å². The molecule has 4 N–H and O–H groups in total. The highest BCUT2D eigenvalue weighted by Crippen LogP contribution is 2.22. The first-order valence-corrected chi connectivity index (χ1v) is 10.8. The number of H-pyrrole nitrogens is 1. The lowest BCUT2D eigenvalue weighted by molar-refractivity contribution is -0.126. The zero-order chi connectivity index (χ0) is 22.8. The van der Waals surface area contributed by atoms with E-state index in [9.17, 15) is 9.59 Å². The molecule has 0 unspecified atom stereocenters. The highest BCUT2D eigenvalue weighted by Gasteiger charge is 2.29. The first kappa shape index (κ1) is 20.5. The maximum Gasteiger partial charge on any atom is 0.261 e. The van der Waals surface area contributed by atoms with Crippen molar-refractivity contribution in [3.05, 3.63) is 107 Å². The minimum atomic E-state index is -0.826. The van der Waals surface area contributed by atoms with Crippen LogP contribution in [0.3, 0.4) is 0 Å². The molecule has 1 aliphatic rings. The van der Waals surface area contributed by atoms with Gasteiger partial charge in [-0.1, -0.05) is 60.7 Å². The van der Waals surface area contributed by atoms with E-state index in [1.165, 1.54) is 5.01 Å². The van der Waals surface area contributed by atoms with Gasteiger partial charge in [0.25, 0.3) is 11.8 Å². The van der Waals surface area contributed by atoms with Gasteiger partial charge in [0.2, 0.25) is 0 Å². The lowest BCUT2D eigenvalue weighted by Gasteiger charge is -2.24. The van der Waals surface area contributed by atoms with Gasteiger partial charge in [-0.15, -0.1) is 0 Å². The Morgan fingerprint density at radius 3 is 2.52 bits per heavy atom. The van der Waals surface area contributed by atoms with Gasteiger partial charge in [-0.2, -0.15) is 0 Å². The van der Waals surface area contributed by atoms with Crippen LogP contribution >= 0.6 is 0 Å². The number of amidine groups is 1. The van der Waals surface area contributed by atoms with E-state index < -0.39 is 6.04 Å². The van der Waals surface area contributed by atoms with Gasteiger partial charge in [-0.05, 0) is 29.3 Å². The number of aromatic nitrogens is 1. The van der Waals surface area contributed by atoms with Crippen molar-refractivity contribution in [2.24, 2.45) is 0 Å². The molecule has 5 rings (SSSR count). The number of hydrogen-bond acceptors (Lipinski definition) is 3. The van der Waals surface area contributed by atoms with E-state index in [0.717, 1.165) is 27.6 Å². The molecule has 0 radical (unpaired) electrons. The summed E-state index contributed by atoms with van der Waals surface area (Å²) in [7, 11) is 0. The lowest BCUT2D eigenvalue weighted by atomic mass is 10.0. The second-order valence-corrected chi connectivity index (χ2v) is 8.02. The molecule has 0 spiro atoms. The third-order valence-corrected chi connectivity index (χ3v) is 5.87. The Morgan fingerprint density at radius 1 is 0.970 bits per heavy atom. The number of carbonyl (C=O) groups is 2. The molecular formula is C26H23N5O2. The molecule has 0 saturated carbocycles. The number of rotatable bonds is 6. The summed E-state index contributed by atoms with van der Waals surface area (Å²) < 4.78 is 0. The van der Waals surface area contributed by atoms with Gasteiger partial charge in [0.1, 0.15) is 11.9 Å². The normalized spacial score (nSPS) is 13.6. The number of nitrogens with zero attached hydrogens (tertiary/aromatic N) is 1. The zero-order valence-electron chi connectivity index (χ0n) is 17.8. The topological polar surface area (TPSA) is 101 Å². The molecule has 0 bridgehead atoms. The van der Waals surface area contributed by atoms with E-state index in [2.05, 4.69) is 15.7 Å². The molecule has 0 fully saturated rings. The number of benzene rings is 3. The Morgan fingerprint density at radius 2 is 1.70 bits per heavy atom. The number of hydrogen-bond donors (Lipinski definition) is 4. The largest absolute Gasteiger partial charge is 0.361 e. The molecule has 1 aliphatic heterocycles. The predicted molar refractivity (Wildman–Crippen MR) is 127 cm³/mol. The van der Waals surface area contributed by atoms with Gasteiger partial charge in [0, 0.05) is 34.6 Å². The van der Waals surface area contributed by atoms with Crippen molar-refractivity contribution >= 4 is 28.6 Å². The maximum atomic E-state index is 13.4. The molecule has 1 atom stereocenters. The highest BCUT2D eigenvalue weighted by molar-refractivity contribution is 6.02. The van der Waals surface area contributed by atoms with E-state index in [-0.39, 0.29) is 17.6 Å². The van der Waals surface area contributed by atoms with Crippen LogP contribution in [0.1, 0.15) is 27.0 Å². The molecule has 1 aromatic heterocycles. The molecule has 4 aromatic rings. The number of amides is 2. The fraction of sp³-hybridized carbons (Fsp3) is 0.115. The van der Waals surface area contributed by atoms with Crippen LogP contribution < -0.4 is 10.7 Å². The third-order valence-electron chi connectivity index (χ3n) is 5.87. The van der Waals surface area contributed by atoms with E-state index in [4.69, 9.17) is 5.41 Å². The molecule has 0 aliphatic carbocycles. The lowest BCUT2D eigenvalue weighted by Crippen LogP contribution is -2.53. The second kappa shape index (κ2) is 8.63. The molecule has 164 valence electrons. The summed E-state index contributed by atoms with van der Waals surface area (Å²) in [5, 5.41) is 13.8. The minimum Gasteiger partial charge on any atom is -0.361 e. The van der Waals surface area contributed by atoms with Crippen LogP contribution in [0.15, 0.2) is 85.1 Å². The molecule has 0 saturated heterocycles. The van der Waals surface area contributed by atoms with Gasteiger partial charge in [-0.3, -0.25) is 25.4 Å². The fourth-order valence-corrected chi connectivity index (χ4v) is 4.15. The van der Waals surface area contributed by atoms with Gasteiger partial charge in [0.15, 0.2) is 0 Å². The standard InChI is InChI=1S/C26H23N5O2/c27-24-21-12-5-4-10-18(21)16-31(24)30-26(33)23(29-25(32)17-8-2-1-3-9-17)14-19-15-28-22-13-7-6-11-20(19)22/h1-13,15,23,27-28H,14,16H2,(H,29,32)(H,30,33)/t23-/m0/s1. The smallest absolute Gasteiger partial charge is 0.261 e. The van der Waals surface area contributed by atoms with E-state index in [1.807, 2.05) is 60.8 Å². The Hall–Kier alpha value is -4.39. The average Bonchev–Trinajstić information content (AvgIpc) is 3.40. The van der Waals surface area contributed by atoms with E-state index in [0.29, 0.717) is 18.5 Å². The summed E-state index contributed by atoms with van der Waals surface area (Å²) >= 11 is 0. The number of para-hydroxylation sites is 1. The Bertz CT molecular complexity index is 1350. The van der Waals surface area contributed by atoms with Crippen LogP contribution in [0.25, 0.3) is 10.9 Å². The van der Waals surface area contributed by atoms with Crippen LogP contribution in [-0.4, -0.2) is 33.7 Å². The van der Waals surface area contributed by atoms with E-state index >= 15 is 0 Å². The van der Waals surface area contributed by atoms with Crippen molar-refractivity contribution in [3.8, 4) is 0 Å². The molecule has 7 heteroatoms. The third kappa shape index (κ3) is 4.08. The number of aromatic amines is 1. The number of hydrazine groups is 1. The van der Waals surface area contributed by atoms with Gasteiger partial charge in [-0.25, -0.2) is 0 Å². The summed E-state index contributed by atoms with van der Waals surface area (Å²) in [5.41, 5.74) is 6.99. The van der Waals surface area contributed by atoms with Crippen molar-refractivity contribution in [2.75, 3.05) is 0 Å². The zero-order valence-corrected chi connectivity index (χ0v) is 17.8. The summed E-state index contributed by atoms with van der Waals surface area (Å²) in [6, 6.07) is 23.4. The predicted octanol–water partition coefficient (Wildman–Crippen LogP) is 3.38. The van der Waals surface area contributed by atoms with Gasteiger partial charge < -0.3 is 10.3 Å². The number of nitrogens with one attached hydrogen (secondary N) is 4. The van der Waals surface area contributed by atoms with Crippen molar-refractivity contribution in [3.63, 3.8) is 0 Å². The summed E-state index contributed by atoms with van der Waals surface area (Å²) in [6.07, 6.45) is 2.18. The van der Waals surface area contributed by atoms with Crippen LogP contribution in [0.5, 0.6) is 0 Å². The van der Waals surface area contributed by atoms with Crippen LogP contribution in [0, 0.1) is 5.41 Å². The minimum absolute atomic E-state index is 0.235. The summed E-state index contributed by atoms with van der Waals surface area (Å²) in [5.74, 6) is -0.461. The molecule has 33 heavy (non-hydrogen) atoms.